The van der Waals surface area contributed by atoms with Crippen molar-refractivity contribution in [2.24, 2.45) is 0 Å². The van der Waals surface area contributed by atoms with E-state index in [1.54, 1.807) is 23.4 Å². The van der Waals surface area contributed by atoms with Gasteiger partial charge in [-0.25, -0.2) is 9.97 Å². The van der Waals surface area contributed by atoms with E-state index in [1.165, 1.54) is 6.33 Å². The highest BCUT2D eigenvalue weighted by Crippen LogP contribution is 2.17. The Morgan fingerprint density at radius 3 is 3.29 bits per heavy atom. The zero-order valence-corrected chi connectivity index (χ0v) is 9.04. The van der Waals surface area contributed by atoms with Gasteiger partial charge in [0.25, 0.3) is 0 Å². The van der Waals surface area contributed by atoms with Crippen molar-refractivity contribution in [1.29, 1.82) is 0 Å². The van der Waals surface area contributed by atoms with Gasteiger partial charge in [0.1, 0.15) is 18.5 Å². The highest BCUT2D eigenvalue weighted by molar-refractivity contribution is 5.88. The zero-order valence-electron chi connectivity index (χ0n) is 9.04. The summed E-state index contributed by atoms with van der Waals surface area (Å²) in [7, 11) is 0. The van der Waals surface area contributed by atoms with Crippen LogP contribution in [-0.2, 0) is 6.54 Å². The van der Waals surface area contributed by atoms with Gasteiger partial charge in [-0.2, -0.15) is 10.2 Å². The molecular weight excluding hydrogens is 218 g/mol. The van der Waals surface area contributed by atoms with Crippen LogP contribution in [0.25, 0.3) is 10.9 Å². The number of pyridine rings is 1. The van der Waals surface area contributed by atoms with E-state index in [0.29, 0.717) is 0 Å². The molecule has 0 atom stereocenters. The van der Waals surface area contributed by atoms with E-state index in [0.717, 1.165) is 29.8 Å². The van der Waals surface area contributed by atoms with Gasteiger partial charge in [0.05, 0.1) is 23.6 Å². The largest absolute Gasteiger partial charge is 0.368 e. The third-order valence-corrected chi connectivity index (χ3v) is 2.47. The Labute approximate surface area is 96.9 Å². The first-order chi connectivity index (χ1) is 8.43. The van der Waals surface area contributed by atoms with Gasteiger partial charge in [0.2, 0.25) is 0 Å². The number of hydrogen-bond donors (Lipinski definition) is 2. The molecule has 3 aromatic rings. The molecule has 17 heavy (non-hydrogen) atoms. The van der Waals surface area contributed by atoms with Crippen molar-refractivity contribution in [2.45, 2.75) is 6.54 Å². The van der Waals surface area contributed by atoms with E-state index in [9.17, 15) is 0 Å². The summed E-state index contributed by atoms with van der Waals surface area (Å²) in [4.78, 5) is 8.16. The number of aromatic amines is 1. The SMILES string of the molecule is c1cc2[nH]ncc2c(NCCn2cncn2)n1. The molecule has 0 fully saturated rings. The summed E-state index contributed by atoms with van der Waals surface area (Å²) in [6, 6.07) is 1.89. The fraction of sp³-hybridized carbons (Fsp3) is 0.200. The van der Waals surface area contributed by atoms with Gasteiger partial charge in [0.15, 0.2) is 0 Å². The Kier molecular flexibility index (Phi) is 2.41. The predicted molar refractivity (Wildman–Crippen MR) is 62.4 cm³/mol. The van der Waals surface area contributed by atoms with Crippen LogP contribution in [0.2, 0.25) is 0 Å². The molecule has 0 aliphatic rings. The van der Waals surface area contributed by atoms with Crippen LogP contribution in [0.4, 0.5) is 5.82 Å². The Morgan fingerprint density at radius 1 is 1.41 bits per heavy atom. The van der Waals surface area contributed by atoms with E-state index < -0.39 is 0 Å². The van der Waals surface area contributed by atoms with Gasteiger partial charge in [0, 0.05) is 12.7 Å². The summed E-state index contributed by atoms with van der Waals surface area (Å²) in [6.45, 7) is 1.48. The molecule has 0 unspecified atom stereocenters. The van der Waals surface area contributed by atoms with Gasteiger partial charge in [-0.3, -0.25) is 9.78 Å². The maximum atomic E-state index is 4.28. The van der Waals surface area contributed by atoms with Crippen molar-refractivity contribution in [3.63, 3.8) is 0 Å². The van der Waals surface area contributed by atoms with Crippen LogP contribution in [-0.4, -0.2) is 36.5 Å². The number of hydrogen-bond acceptors (Lipinski definition) is 5. The molecule has 3 heterocycles. The van der Waals surface area contributed by atoms with Crippen molar-refractivity contribution >= 4 is 16.7 Å². The number of nitrogens with one attached hydrogen (secondary N) is 2. The average molecular weight is 229 g/mol. The molecule has 2 N–H and O–H groups in total. The topological polar surface area (TPSA) is 84.3 Å². The van der Waals surface area contributed by atoms with Crippen LogP contribution in [0.1, 0.15) is 0 Å². The van der Waals surface area contributed by atoms with Gasteiger partial charge < -0.3 is 5.32 Å². The monoisotopic (exact) mass is 229 g/mol. The van der Waals surface area contributed by atoms with E-state index in [4.69, 9.17) is 0 Å². The molecule has 0 saturated heterocycles. The van der Waals surface area contributed by atoms with Crippen LogP contribution in [0.3, 0.4) is 0 Å². The lowest BCUT2D eigenvalue weighted by Gasteiger charge is -2.05. The minimum absolute atomic E-state index is 0.737. The second-order valence-corrected chi connectivity index (χ2v) is 3.58. The normalized spacial score (nSPS) is 10.8. The number of anilines is 1. The van der Waals surface area contributed by atoms with Gasteiger partial charge in [-0.15, -0.1) is 0 Å². The smallest absolute Gasteiger partial charge is 0.137 e. The predicted octanol–water partition coefficient (Wildman–Crippen LogP) is 0.661. The molecule has 0 radical (unpaired) electrons. The van der Waals surface area contributed by atoms with E-state index in [1.807, 2.05) is 6.07 Å². The molecule has 3 rings (SSSR count). The highest BCUT2D eigenvalue weighted by Gasteiger charge is 2.02. The van der Waals surface area contributed by atoms with Crippen LogP contribution in [0.15, 0.2) is 31.1 Å². The Bertz CT molecular complexity index is 598. The first kappa shape index (κ1) is 9.76. The first-order valence-corrected chi connectivity index (χ1v) is 5.28. The van der Waals surface area contributed by atoms with Crippen LogP contribution >= 0.6 is 0 Å². The van der Waals surface area contributed by atoms with Crippen LogP contribution in [0.5, 0.6) is 0 Å². The van der Waals surface area contributed by atoms with Crippen LogP contribution < -0.4 is 5.32 Å². The summed E-state index contributed by atoms with van der Waals surface area (Å²) < 4.78 is 1.77. The van der Waals surface area contributed by atoms with Gasteiger partial charge >= 0.3 is 0 Å². The van der Waals surface area contributed by atoms with Crippen LogP contribution in [0, 0.1) is 0 Å². The summed E-state index contributed by atoms with van der Waals surface area (Å²) in [5.41, 5.74) is 0.975. The van der Waals surface area contributed by atoms with Crippen molar-refractivity contribution in [3.05, 3.63) is 31.1 Å². The highest BCUT2D eigenvalue weighted by atomic mass is 15.3. The van der Waals surface area contributed by atoms with E-state index >= 15 is 0 Å². The van der Waals surface area contributed by atoms with Crippen molar-refractivity contribution in [1.82, 2.24) is 29.9 Å². The van der Waals surface area contributed by atoms with E-state index in [-0.39, 0.29) is 0 Å². The minimum Gasteiger partial charge on any atom is -0.368 e. The number of nitrogens with zero attached hydrogens (tertiary/aromatic N) is 5. The number of H-pyrrole nitrogens is 1. The molecule has 0 aliphatic heterocycles. The zero-order chi connectivity index (χ0) is 11.5. The molecule has 7 nitrogen and oxygen atoms in total. The fourth-order valence-corrected chi connectivity index (χ4v) is 1.65. The molecule has 0 aromatic carbocycles. The standard InChI is InChI=1S/C10H11N7/c1-2-12-10(8-5-14-16-9(1)8)13-3-4-17-7-11-6-15-17/h1-2,5-7H,3-4H2,(H,12,13)(H,14,16). The third-order valence-electron chi connectivity index (χ3n) is 2.47. The Hall–Kier alpha value is -2.44. The molecule has 0 bridgehead atoms. The molecule has 0 aliphatic carbocycles. The summed E-state index contributed by atoms with van der Waals surface area (Å²) in [5, 5.41) is 15.2. The second-order valence-electron chi connectivity index (χ2n) is 3.58. The molecule has 7 heteroatoms. The van der Waals surface area contributed by atoms with Crippen molar-refractivity contribution in [2.75, 3.05) is 11.9 Å². The molecule has 3 aromatic heterocycles. The summed E-state index contributed by atoms with van der Waals surface area (Å²) in [6.07, 6.45) is 6.72. The lowest BCUT2D eigenvalue weighted by molar-refractivity contribution is 0.635. The summed E-state index contributed by atoms with van der Waals surface area (Å²) in [5.74, 6) is 0.830. The number of fused-ring (bicyclic) bond motifs is 1. The van der Waals surface area contributed by atoms with Crippen molar-refractivity contribution < 1.29 is 0 Å². The van der Waals surface area contributed by atoms with Crippen molar-refractivity contribution in [3.8, 4) is 0 Å². The van der Waals surface area contributed by atoms with Gasteiger partial charge in [-0.05, 0) is 6.07 Å². The minimum atomic E-state index is 0.737. The maximum absolute atomic E-state index is 4.28. The third kappa shape index (κ3) is 1.94. The Morgan fingerprint density at radius 2 is 2.41 bits per heavy atom. The molecule has 0 spiro atoms. The summed E-state index contributed by atoms with van der Waals surface area (Å²) >= 11 is 0. The molecule has 0 amide bonds. The maximum Gasteiger partial charge on any atom is 0.137 e. The lowest BCUT2D eigenvalue weighted by atomic mass is 10.3. The first-order valence-electron chi connectivity index (χ1n) is 5.28. The average Bonchev–Trinajstić information content (AvgIpc) is 2.99. The molecular formula is C10H11N7. The quantitative estimate of drug-likeness (QED) is 0.686. The lowest BCUT2D eigenvalue weighted by Crippen LogP contribution is -2.11. The fourth-order valence-electron chi connectivity index (χ4n) is 1.65. The Balaban J connectivity index is 1.70. The molecule has 86 valence electrons. The van der Waals surface area contributed by atoms with E-state index in [2.05, 4.69) is 30.6 Å². The van der Waals surface area contributed by atoms with Gasteiger partial charge in [-0.1, -0.05) is 0 Å². The molecule has 0 saturated carbocycles. The second kappa shape index (κ2) is 4.20. The number of aromatic nitrogens is 6. The number of rotatable bonds is 4.